The minimum absolute atomic E-state index is 0.367. The molecule has 0 aromatic rings. The Morgan fingerprint density at radius 2 is 1.79 bits per heavy atom. The van der Waals surface area contributed by atoms with E-state index in [9.17, 15) is 4.79 Å². The Bertz CT molecular complexity index is 208. The van der Waals surface area contributed by atoms with Crippen molar-refractivity contribution in [2.75, 3.05) is 20.1 Å². The third kappa shape index (κ3) is 2.25. The van der Waals surface area contributed by atoms with Crippen LogP contribution in [0.2, 0.25) is 0 Å². The Morgan fingerprint density at radius 3 is 2.14 bits per heavy atom. The second-order valence-corrected chi connectivity index (χ2v) is 4.33. The number of piperazine rings is 1. The molecule has 14 heavy (non-hydrogen) atoms. The Kier molecular flexibility index (Phi) is 3.50. The van der Waals surface area contributed by atoms with Gasteiger partial charge in [-0.15, -0.1) is 0 Å². The summed E-state index contributed by atoms with van der Waals surface area (Å²) in [5.41, 5.74) is 0. The molecular weight excluding hydrogens is 180 g/mol. The van der Waals surface area contributed by atoms with Gasteiger partial charge in [0.2, 0.25) is 0 Å². The van der Waals surface area contributed by atoms with Crippen molar-refractivity contribution in [2.45, 2.75) is 38.9 Å². The third-order valence-electron chi connectivity index (χ3n) is 3.29. The predicted molar refractivity (Wildman–Crippen MR) is 55.4 cm³/mol. The van der Waals surface area contributed by atoms with E-state index in [1.54, 1.807) is 6.92 Å². The van der Waals surface area contributed by atoms with E-state index in [4.69, 9.17) is 5.11 Å². The molecule has 0 aromatic carbocycles. The molecule has 1 fully saturated rings. The maximum Gasteiger partial charge on any atom is 0.320 e. The molecule has 0 aromatic heterocycles. The number of nitrogens with zero attached hydrogens (tertiary/aromatic N) is 2. The highest BCUT2D eigenvalue weighted by Gasteiger charge is 2.31. The predicted octanol–water partition coefficient (Wildman–Crippen LogP) is 0.484. The SMILES string of the molecule is CC(C(=O)O)N1CC(C)N(C)C(C)C1. The van der Waals surface area contributed by atoms with Gasteiger partial charge in [-0.2, -0.15) is 0 Å². The molecule has 0 spiro atoms. The van der Waals surface area contributed by atoms with Crippen LogP contribution < -0.4 is 0 Å². The summed E-state index contributed by atoms with van der Waals surface area (Å²) in [5.74, 6) is -0.728. The maximum absolute atomic E-state index is 10.8. The molecule has 0 aliphatic carbocycles. The number of rotatable bonds is 2. The molecule has 0 radical (unpaired) electrons. The number of likely N-dealkylation sites (N-methyl/N-ethyl adjacent to an activating group) is 1. The Labute approximate surface area is 85.5 Å². The molecule has 3 unspecified atom stereocenters. The molecule has 1 saturated heterocycles. The number of hydrogen-bond donors (Lipinski definition) is 1. The van der Waals surface area contributed by atoms with Crippen LogP contribution in [0.15, 0.2) is 0 Å². The van der Waals surface area contributed by atoms with Gasteiger partial charge in [0.15, 0.2) is 0 Å². The average Bonchev–Trinajstić information content (AvgIpc) is 2.12. The van der Waals surface area contributed by atoms with Gasteiger partial charge in [-0.1, -0.05) is 0 Å². The lowest BCUT2D eigenvalue weighted by atomic mass is 10.1. The van der Waals surface area contributed by atoms with Crippen LogP contribution in [-0.2, 0) is 4.79 Å². The zero-order chi connectivity index (χ0) is 10.9. The molecule has 1 aliphatic heterocycles. The summed E-state index contributed by atoms with van der Waals surface area (Å²) in [5, 5.41) is 8.92. The van der Waals surface area contributed by atoms with E-state index in [0.29, 0.717) is 12.1 Å². The van der Waals surface area contributed by atoms with Crippen LogP contribution in [0.5, 0.6) is 0 Å². The number of carbonyl (C=O) groups is 1. The highest BCUT2D eigenvalue weighted by Crippen LogP contribution is 2.15. The van der Waals surface area contributed by atoms with Crippen LogP contribution >= 0.6 is 0 Å². The number of carboxylic acid groups (broad SMARTS) is 1. The fourth-order valence-electron chi connectivity index (χ4n) is 1.92. The summed E-state index contributed by atoms with van der Waals surface area (Å²) in [6.07, 6.45) is 0. The van der Waals surface area contributed by atoms with Gasteiger partial charge in [-0.3, -0.25) is 14.6 Å². The smallest absolute Gasteiger partial charge is 0.320 e. The van der Waals surface area contributed by atoms with Gasteiger partial charge in [0, 0.05) is 25.2 Å². The summed E-state index contributed by atoms with van der Waals surface area (Å²) in [4.78, 5) is 15.2. The largest absolute Gasteiger partial charge is 0.480 e. The van der Waals surface area contributed by atoms with Gasteiger partial charge in [-0.25, -0.2) is 0 Å². The van der Waals surface area contributed by atoms with Crippen molar-refractivity contribution >= 4 is 5.97 Å². The highest BCUT2D eigenvalue weighted by atomic mass is 16.4. The zero-order valence-electron chi connectivity index (χ0n) is 9.40. The first-order valence-electron chi connectivity index (χ1n) is 5.12. The van der Waals surface area contributed by atoms with E-state index in [-0.39, 0.29) is 6.04 Å². The fraction of sp³-hybridized carbons (Fsp3) is 0.900. The lowest BCUT2D eigenvalue weighted by molar-refractivity contribution is -0.144. The average molecular weight is 200 g/mol. The topological polar surface area (TPSA) is 43.8 Å². The first-order valence-corrected chi connectivity index (χ1v) is 5.12. The number of carboxylic acids is 1. The summed E-state index contributed by atoms with van der Waals surface area (Å²) in [7, 11) is 2.10. The lowest BCUT2D eigenvalue weighted by Gasteiger charge is -2.43. The second-order valence-electron chi connectivity index (χ2n) is 4.33. The van der Waals surface area contributed by atoms with Gasteiger partial charge in [0.25, 0.3) is 0 Å². The first-order chi connectivity index (χ1) is 6.43. The Morgan fingerprint density at radius 1 is 1.36 bits per heavy atom. The minimum atomic E-state index is -0.728. The van der Waals surface area contributed by atoms with Crippen LogP contribution in [0.1, 0.15) is 20.8 Å². The quantitative estimate of drug-likeness (QED) is 0.704. The van der Waals surface area contributed by atoms with Gasteiger partial charge < -0.3 is 5.11 Å². The van der Waals surface area contributed by atoms with Gasteiger partial charge >= 0.3 is 5.97 Å². The van der Waals surface area contributed by atoms with Crippen molar-refractivity contribution in [1.82, 2.24) is 9.80 Å². The molecule has 0 amide bonds. The van der Waals surface area contributed by atoms with E-state index in [1.807, 2.05) is 4.90 Å². The van der Waals surface area contributed by atoms with Crippen LogP contribution in [0.25, 0.3) is 0 Å². The van der Waals surface area contributed by atoms with Crippen molar-refractivity contribution in [3.8, 4) is 0 Å². The standard InChI is InChI=1S/C10H20N2O2/c1-7-5-12(9(3)10(13)14)6-8(2)11(7)4/h7-9H,5-6H2,1-4H3,(H,13,14). The monoisotopic (exact) mass is 200 g/mol. The number of aliphatic carboxylic acids is 1. The Hall–Kier alpha value is -0.610. The fourth-order valence-corrected chi connectivity index (χ4v) is 1.92. The van der Waals surface area contributed by atoms with Crippen LogP contribution in [0, 0.1) is 0 Å². The zero-order valence-corrected chi connectivity index (χ0v) is 9.40. The van der Waals surface area contributed by atoms with Crippen molar-refractivity contribution in [1.29, 1.82) is 0 Å². The second kappa shape index (κ2) is 4.28. The van der Waals surface area contributed by atoms with Crippen LogP contribution in [0.4, 0.5) is 0 Å². The Balaban J connectivity index is 2.62. The third-order valence-corrected chi connectivity index (χ3v) is 3.29. The van der Waals surface area contributed by atoms with Crippen molar-refractivity contribution in [2.24, 2.45) is 0 Å². The molecule has 1 rings (SSSR count). The van der Waals surface area contributed by atoms with Crippen molar-refractivity contribution in [3.05, 3.63) is 0 Å². The first kappa shape index (κ1) is 11.5. The minimum Gasteiger partial charge on any atom is -0.480 e. The van der Waals surface area contributed by atoms with E-state index < -0.39 is 5.97 Å². The van der Waals surface area contributed by atoms with Crippen LogP contribution in [-0.4, -0.2) is 59.1 Å². The highest BCUT2D eigenvalue weighted by molar-refractivity contribution is 5.72. The molecule has 1 aliphatic rings. The molecule has 1 heterocycles. The molecule has 0 bridgehead atoms. The van der Waals surface area contributed by atoms with Gasteiger partial charge in [0.1, 0.15) is 6.04 Å². The van der Waals surface area contributed by atoms with E-state index >= 15 is 0 Å². The summed E-state index contributed by atoms with van der Waals surface area (Å²) in [6, 6.07) is 0.495. The lowest BCUT2D eigenvalue weighted by Crippen LogP contribution is -2.58. The molecule has 3 atom stereocenters. The van der Waals surface area contributed by atoms with E-state index in [1.165, 1.54) is 0 Å². The van der Waals surface area contributed by atoms with Gasteiger partial charge in [0.05, 0.1) is 0 Å². The molecule has 4 nitrogen and oxygen atoms in total. The van der Waals surface area contributed by atoms with Gasteiger partial charge in [-0.05, 0) is 27.8 Å². The van der Waals surface area contributed by atoms with Crippen LogP contribution in [0.3, 0.4) is 0 Å². The van der Waals surface area contributed by atoms with E-state index in [0.717, 1.165) is 13.1 Å². The summed E-state index contributed by atoms with van der Waals surface area (Å²) in [6.45, 7) is 7.71. The molecule has 1 N–H and O–H groups in total. The molecule has 82 valence electrons. The molecule has 0 saturated carbocycles. The number of hydrogen-bond acceptors (Lipinski definition) is 3. The van der Waals surface area contributed by atoms with Crippen molar-refractivity contribution in [3.63, 3.8) is 0 Å². The maximum atomic E-state index is 10.8. The normalized spacial score (nSPS) is 32.9. The van der Waals surface area contributed by atoms with E-state index in [2.05, 4.69) is 25.8 Å². The summed E-state index contributed by atoms with van der Waals surface area (Å²) < 4.78 is 0. The molecule has 4 heteroatoms. The summed E-state index contributed by atoms with van der Waals surface area (Å²) >= 11 is 0. The molecular formula is C10H20N2O2. The van der Waals surface area contributed by atoms with Crippen molar-refractivity contribution < 1.29 is 9.90 Å².